The average Bonchev–Trinajstić information content (AvgIpc) is 2.28. The molecule has 102 valence electrons. The normalized spacial score (nSPS) is 26.1. The number of alkyl halides is 3. The van der Waals surface area contributed by atoms with E-state index >= 15 is 0 Å². The lowest BCUT2D eigenvalue weighted by Crippen LogP contribution is -2.50. The van der Waals surface area contributed by atoms with Crippen molar-refractivity contribution in [2.45, 2.75) is 83.0 Å². The molecule has 1 N–H and O–H groups in total. The third kappa shape index (κ3) is 5.75. The topological polar surface area (TPSA) is 12.0 Å². The SMILES string of the molecule is CCCCCCC[C@@H]1CCC[C@H](C(F)(F)F)N1. The zero-order chi connectivity index (χ0) is 12.7. The molecule has 0 aromatic heterocycles. The highest BCUT2D eigenvalue weighted by Crippen LogP contribution is 2.29. The predicted molar refractivity (Wildman–Crippen MR) is 64.0 cm³/mol. The van der Waals surface area contributed by atoms with Gasteiger partial charge in [-0.2, -0.15) is 13.2 Å². The van der Waals surface area contributed by atoms with E-state index in [1.165, 1.54) is 19.3 Å². The molecule has 1 heterocycles. The summed E-state index contributed by atoms with van der Waals surface area (Å²) in [7, 11) is 0. The van der Waals surface area contributed by atoms with Crippen LogP contribution < -0.4 is 5.32 Å². The Balaban J connectivity index is 2.17. The monoisotopic (exact) mass is 251 g/mol. The molecule has 0 radical (unpaired) electrons. The lowest BCUT2D eigenvalue weighted by Gasteiger charge is -2.32. The van der Waals surface area contributed by atoms with Gasteiger partial charge in [0.05, 0.1) is 0 Å². The molecule has 0 aromatic carbocycles. The number of rotatable bonds is 6. The van der Waals surface area contributed by atoms with Crippen LogP contribution in [0.3, 0.4) is 0 Å². The zero-order valence-corrected chi connectivity index (χ0v) is 10.7. The van der Waals surface area contributed by atoms with E-state index in [9.17, 15) is 13.2 Å². The number of halogens is 3. The van der Waals surface area contributed by atoms with Crippen molar-refractivity contribution in [2.75, 3.05) is 0 Å². The summed E-state index contributed by atoms with van der Waals surface area (Å²) in [6, 6.07) is -1.19. The van der Waals surface area contributed by atoms with E-state index in [1.807, 2.05) is 0 Å². The molecule has 1 aliphatic heterocycles. The van der Waals surface area contributed by atoms with Crippen molar-refractivity contribution in [3.05, 3.63) is 0 Å². The summed E-state index contributed by atoms with van der Waals surface area (Å²) in [6.07, 6.45) is 4.56. The summed E-state index contributed by atoms with van der Waals surface area (Å²) in [6.45, 7) is 2.16. The summed E-state index contributed by atoms with van der Waals surface area (Å²) >= 11 is 0. The number of piperidine rings is 1. The highest BCUT2D eigenvalue weighted by molar-refractivity contribution is 4.84. The first-order valence-electron chi connectivity index (χ1n) is 6.86. The zero-order valence-electron chi connectivity index (χ0n) is 10.7. The number of nitrogens with one attached hydrogen (secondary N) is 1. The molecule has 2 atom stereocenters. The van der Waals surface area contributed by atoms with Crippen LogP contribution in [0.5, 0.6) is 0 Å². The van der Waals surface area contributed by atoms with Crippen molar-refractivity contribution < 1.29 is 13.2 Å². The van der Waals surface area contributed by atoms with Crippen molar-refractivity contribution in [3.63, 3.8) is 0 Å². The molecule has 0 amide bonds. The van der Waals surface area contributed by atoms with Crippen LogP contribution in [0, 0.1) is 0 Å². The van der Waals surface area contributed by atoms with E-state index in [0.717, 1.165) is 25.7 Å². The van der Waals surface area contributed by atoms with Crippen LogP contribution in [0.4, 0.5) is 13.2 Å². The molecular formula is C13H24F3N. The lowest BCUT2D eigenvalue weighted by molar-refractivity contribution is -0.163. The fraction of sp³-hybridized carbons (Fsp3) is 1.00. The number of hydrogen-bond acceptors (Lipinski definition) is 1. The van der Waals surface area contributed by atoms with Crippen LogP contribution in [-0.2, 0) is 0 Å². The molecule has 1 nitrogen and oxygen atoms in total. The molecule has 0 aliphatic carbocycles. The highest BCUT2D eigenvalue weighted by Gasteiger charge is 2.41. The van der Waals surface area contributed by atoms with Crippen molar-refractivity contribution >= 4 is 0 Å². The van der Waals surface area contributed by atoms with E-state index in [2.05, 4.69) is 12.2 Å². The maximum absolute atomic E-state index is 12.5. The van der Waals surface area contributed by atoms with Gasteiger partial charge in [0.2, 0.25) is 0 Å². The van der Waals surface area contributed by atoms with Gasteiger partial charge in [0.25, 0.3) is 0 Å². The minimum atomic E-state index is -4.07. The fourth-order valence-corrected chi connectivity index (χ4v) is 2.50. The van der Waals surface area contributed by atoms with Crippen LogP contribution >= 0.6 is 0 Å². The number of hydrogen-bond donors (Lipinski definition) is 1. The summed E-state index contributed by atoms with van der Waals surface area (Å²) in [4.78, 5) is 0. The molecule has 0 unspecified atom stereocenters. The third-order valence-electron chi connectivity index (χ3n) is 3.53. The van der Waals surface area contributed by atoms with Crippen molar-refractivity contribution in [1.82, 2.24) is 5.32 Å². The molecular weight excluding hydrogens is 227 g/mol. The summed E-state index contributed by atoms with van der Waals surface area (Å²) in [5, 5.41) is 2.76. The van der Waals surface area contributed by atoms with Gasteiger partial charge in [-0.05, 0) is 19.3 Å². The Morgan fingerprint density at radius 1 is 1.06 bits per heavy atom. The molecule has 1 saturated heterocycles. The van der Waals surface area contributed by atoms with E-state index in [-0.39, 0.29) is 12.5 Å². The van der Waals surface area contributed by atoms with Crippen molar-refractivity contribution in [2.24, 2.45) is 0 Å². The third-order valence-corrected chi connectivity index (χ3v) is 3.53. The standard InChI is InChI=1S/C13H24F3N/c1-2-3-4-5-6-8-11-9-7-10-12(17-11)13(14,15)16/h11-12,17H,2-10H2,1H3/t11-,12-/m1/s1. The van der Waals surface area contributed by atoms with Crippen LogP contribution in [0.15, 0.2) is 0 Å². The van der Waals surface area contributed by atoms with E-state index in [4.69, 9.17) is 0 Å². The quantitative estimate of drug-likeness (QED) is 0.689. The molecule has 0 saturated carbocycles. The molecule has 0 bridgehead atoms. The van der Waals surface area contributed by atoms with Gasteiger partial charge in [-0.15, -0.1) is 0 Å². The van der Waals surface area contributed by atoms with Gasteiger partial charge in [0.1, 0.15) is 6.04 Å². The predicted octanol–water partition coefficient (Wildman–Crippen LogP) is 4.42. The molecule has 17 heavy (non-hydrogen) atoms. The Kier molecular flexibility index (Phi) is 6.31. The fourth-order valence-electron chi connectivity index (χ4n) is 2.50. The first-order valence-corrected chi connectivity index (χ1v) is 6.86. The Morgan fingerprint density at radius 2 is 1.76 bits per heavy atom. The van der Waals surface area contributed by atoms with Gasteiger partial charge in [-0.3, -0.25) is 0 Å². The number of unbranched alkanes of at least 4 members (excludes halogenated alkanes) is 4. The Bertz CT molecular complexity index is 203. The summed E-state index contributed by atoms with van der Waals surface area (Å²) in [5.74, 6) is 0. The Hall–Kier alpha value is -0.250. The van der Waals surface area contributed by atoms with Gasteiger partial charge in [-0.1, -0.05) is 45.4 Å². The van der Waals surface area contributed by atoms with Crippen LogP contribution in [0.1, 0.15) is 64.7 Å². The lowest BCUT2D eigenvalue weighted by atomic mass is 9.94. The summed E-state index contributed by atoms with van der Waals surface area (Å²) < 4.78 is 37.6. The smallest absolute Gasteiger partial charge is 0.303 e. The van der Waals surface area contributed by atoms with Crippen molar-refractivity contribution in [1.29, 1.82) is 0 Å². The minimum absolute atomic E-state index is 0.0806. The molecule has 4 heteroatoms. The maximum Gasteiger partial charge on any atom is 0.403 e. The van der Waals surface area contributed by atoms with Gasteiger partial charge >= 0.3 is 6.18 Å². The first-order chi connectivity index (χ1) is 8.04. The molecule has 0 aromatic rings. The second-order valence-electron chi connectivity index (χ2n) is 5.09. The first kappa shape index (κ1) is 14.8. The molecule has 1 aliphatic rings. The highest BCUT2D eigenvalue weighted by atomic mass is 19.4. The molecule has 0 spiro atoms. The maximum atomic E-state index is 12.5. The Morgan fingerprint density at radius 3 is 2.41 bits per heavy atom. The van der Waals surface area contributed by atoms with E-state index < -0.39 is 12.2 Å². The van der Waals surface area contributed by atoms with Crippen LogP contribution in [0.25, 0.3) is 0 Å². The van der Waals surface area contributed by atoms with Crippen LogP contribution in [0.2, 0.25) is 0 Å². The van der Waals surface area contributed by atoms with Crippen LogP contribution in [-0.4, -0.2) is 18.3 Å². The molecule has 1 fully saturated rings. The van der Waals surface area contributed by atoms with Crippen molar-refractivity contribution in [3.8, 4) is 0 Å². The Labute approximate surface area is 102 Å². The average molecular weight is 251 g/mol. The molecule has 1 rings (SSSR count). The van der Waals surface area contributed by atoms with E-state index in [0.29, 0.717) is 6.42 Å². The van der Waals surface area contributed by atoms with Gasteiger partial charge in [0, 0.05) is 6.04 Å². The second kappa shape index (κ2) is 7.24. The van der Waals surface area contributed by atoms with E-state index in [1.54, 1.807) is 0 Å². The van der Waals surface area contributed by atoms with Gasteiger partial charge in [0.15, 0.2) is 0 Å². The minimum Gasteiger partial charge on any atom is -0.303 e. The largest absolute Gasteiger partial charge is 0.403 e. The second-order valence-corrected chi connectivity index (χ2v) is 5.09. The van der Waals surface area contributed by atoms with Gasteiger partial charge in [-0.25, -0.2) is 0 Å². The van der Waals surface area contributed by atoms with Gasteiger partial charge < -0.3 is 5.32 Å². The summed E-state index contributed by atoms with van der Waals surface area (Å²) in [5.41, 5.74) is 0.